The van der Waals surface area contributed by atoms with Gasteiger partial charge in [-0.05, 0) is 71.1 Å². The first-order chi connectivity index (χ1) is 21.9. The van der Waals surface area contributed by atoms with Gasteiger partial charge in [-0.3, -0.25) is 19.2 Å². The lowest BCUT2D eigenvalue weighted by atomic mass is 9.91. The van der Waals surface area contributed by atoms with Gasteiger partial charge in [-0.25, -0.2) is 13.2 Å². The third kappa shape index (κ3) is 19.2. The van der Waals surface area contributed by atoms with Gasteiger partial charge in [0.2, 0.25) is 23.6 Å². The van der Waals surface area contributed by atoms with Crippen molar-refractivity contribution in [2.24, 2.45) is 23.7 Å². The number of sulfone groups is 1. The maximum absolute atomic E-state index is 13.7. The van der Waals surface area contributed by atoms with Crippen LogP contribution in [0.1, 0.15) is 102 Å². The van der Waals surface area contributed by atoms with Gasteiger partial charge < -0.3 is 36.4 Å². The van der Waals surface area contributed by atoms with Crippen LogP contribution in [0.25, 0.3) is 0 Å². The molecular weight excluding hydrogens is 642 g/mol. The molecule has 0 aliphatic rings. The summed E-state index contributed by atoms with van der Waals surface area (Å²) in [5, 5.41) is 24.6. The average Bonchev–Trinajstić information content (AvgIpc) is 2.90. The summed E-state index contributed by atoms with van der Waals surface area (Å²) in [6.07, 6.45) is -0.743. The lowest BCUT2D eigenvalue weighted by Crippen LogP contribution is -2.57. The molecule has 0 radical (unpaired) electrons. The Kier molecular flexibility index (Phi) is 19.3. The second-order valence-corrected chi connectivity index (χ2v) is 17.1. The normalized spacial score (nSPS) is 15.9. The zero-order chi connectivity index (χ0) is 37.6. The first-order valence-corrected chi connectivity index (χ1v) is 19.0. The van der Waals surface area contributed by atoms with Gasteiger partial charge in [0.25, 0.3) is 0 Å². The number of likely N-dealkylation sites (N-methyl/N-ethyl adjacent to an activating group) is 1. The maximum atomic E-state index is 13.7. The Bertz CT molecular complexity index is 1170. The van der Waals surface area contributed by atoms with E-state index in [1.807, 2.05) is 41.5 Å². The van der Waals surface area contributed by atoms with Crippen LogP contribution in [0.5, 0.6) is 0 Å². The predicted octanol–water partition coefficient (Wildman–Crippen LogP) is 2.04. The summed E-state index contributed by atoms with van der Waals surface area (Å²) in [6.45, 7) is 20.0. The summed E-state index contributed by atoms with van der Waals surface area (Å²) in [7, 11) is -3.53. The minimum absolute atomic E-state index is 0.00894. The Morgan fingerprint density at radius 1 is 0.729 bits per heavy atom. The predicted molar refractivity (Wildman–Crippen MR) is 185 cm³/mol. The number of aliphatic hydroxyl groups excluding tert-OH is 1. The highest BCUT2D eigenvalue weighted by atomic mass is 32.2. The van der Waals surface area contributed by atoms with Crippen molar-refractivity contribution in [3.05, 3.63) is 0 Å². The van der Waals surface area contributed by atoms with Crippen LogP contribution in [0, 0.1) is 23.7 Å². The van der Waals surface area contributed by atoms with Gasteiger partial charge in [-0.1, -0.05) is 48.5 Å². The molecule has 5 amide bonds. The third-order valence-corrected chi connectivity index (χ3v) is 8.26. The highest BCUT2D eigenvalue weighted by Crippen LogP contribution is 2.17. The van der Waals surface area contributed by atoms with Crippen LogP contribution in [0.3, 0.4) is 0 Å². The van der Waals surface area contributed by atoms with Crippen LogP contribution >= 0.6 is 0 Å². The van der Waals surface area contributed by atoms with E-state index in [-0.39, 0.29) is 42.9 Å². The van der Waals surface area contributed by atoms with Crippen molar-refractivity contribution in [2.45, 2.75) is 138 Å². The number of ether oxygens (including phenoxy) is 1. The molecule has 280 valence electrons. The monoisotopic (exact) mass is 705 g/mol. The molecule has 48 heavy (non-hydrogen) atoms. The van der Waals surface area contributed by atoms with Crippen LogP contribution in [0.2, 0.25) is 0 Å². The molecule has 0 aliphatic heterocycles. The number of hydrogen-bond acceptors (Lipinski definition) is 9. The highest BCUT2D eigenvalue weighted by molar-refractivity contribution is 7.90. The van der Waals surface area contributed by atoms with Gasteiger partial charge in [-0.15, -0.1) is 0 Å². The molecule has 0 fully saturated rings. The van der Waals surface area contributed by atoms with Gasteiger partial charge in [-0.2, -0.15) is 0 Å². The maximum Gasteiger partial charge on any atom is 0.408 e. The largest absolute Gasteiger partial charge is 0.444 e. The van der Waals surface area contributed by atoms with Gasteiger partial charge in [0, 0.05) is 18.7 Å². The number of aliphatic hydroxyl groups is 1. The highest BCUT2D eigenvalue weighted by Gasteiger charge is 2.33. The minimum Gasteiger partial charge on any atom is -0.444 e. The number of nitrogens with one attached hydrogen (secondary N) is 5. The molecule has 0 rings (SSSR count). The van der Waals surface area contributed by atoms with E-state index >= 15 is 0 Å². The standard InChI is InChI=1S/C33H63N5O9S/c1-13-34-31(43)27(21(6)7)38-28(40)22(8)18-26(39)24(16-19(2)3)36-29(41)23(14-15-48(12,45)46)35-30(42)25(17-20(4)5)37-32(44)47-33(9,10)11/h19-27,39H,13-18H2,1-12H3,(H,34,43)(H,35,42)(H,36,41)(H,37,44)(H,38,40)/t22-,23+,24+,25+,26+,27?/m1/s1. The van der Waals surface area contributed by atoms with E-state index in [1.165, 1.54) is 0 Å². The molecule has 0 saturated carbocycles. The first kappa shape index (κ1) is 45.1. The Labute approximate surface area is 288 Å². The van der Waals surface area contributed by atoms with Gasteiger partial charge in [0.05, 0.1) is 17.9 Å². The van der Waals surface area contributed by atoms with Gasteiger partial charge in [0.15, 0.2) is 0 Å². The van der Waals surface area contributed by atoms with E-state index in [1.54, 1.807) is 34.6 Å². The molecule has 15 heteroatoms. The lowest BCUT2D eigenvalue weighted by molar-refractivity contribution is -0.133. The van der Waals surface area contributed by atoms with Crippen molar-refractivity contribution in [3.8, 4) is 0 Å². The van der Waals surface area contributed by atoms with E-state index in [4.69, 9.17) is 4.74 Å². The van der Waals surface area contributed by atoms with Crippen molar-refractivity contribution in [1.82, 2.24) is 26.6 Å². The molecule has 0 spiro atoms. The number of carbonyl (C=O) groups excluding carboxylic acids is 5. The van der Waals surface area contributed by atoms with E-state index < -0.39 is 81.2 Å². The Morgan fingerprint density at radius 3 is 1.73 bits per heavy atom. The number of hydrogen-bond donors (Lipinski definition) is 6. The van der Waals surface area contributed by atoms with E-state index in [9.17, 15) is 37.5 Å². The summed E-state index contributed by atoms with van der Waals surface area (Å²) in [6, 6.07) is -3.99. The Hall–Kier alpha value is -2.94. The SMILES string of the molecule is CCNC(=O)C(NC(=O)[C@H](C)C[C@H](O)[C@H](CC(C)C)NC(=O)[C@H](CCS(C)(=O)=O)NC(=O)[C@H](CC(C)C)NC(=O)OC(C)(C)C)C(C)C. The van der Waals surface area contributed by atoms with Crippen molar-refractivity contribution < 1.29 is 42.2 Å². The van der Waals surface area contributed by atoms with Crippen molar-refractivity contribution in [1.29, 1.82) is 0 Å². The Morgan fingerprint density at radius 2 is 1.27 bits per heavy atom. The summed E-state index contributed by atoms with van der Waals surface area (Å²) in [4.78, 5) is 65.1. The smallest absolute Gasteiger partial charge is 0.408 e. The van der Waals surface area contributed by atoms with Crippen molar-refractivity contribution in [2.75, 3.05) is 18.6 Å². The topological polar surface area (TPSA) is 209 Å². The summed E-state index contributed by atoms with van der Waals surface area (Å²) >= 11 is 0. The lowest BCUT2D eigenvalue weighted by Gasteiger charge is -2.30. The van der Waals surface area contributed by atoms with Crippen molar-refractivity contribution >= 4 is 39.6 Å². The molecule has 6 atom stereocenters. The average molecular weight is 706 g/mol. The molecular formula is C33H63N5O9S. The number of rotatable bonds is 20. The van der Waals surface area contributed by atoms with Gasteiger partial charge >= 0.3 is 6.09 Å². The molecule has 0 aliphatic carbocycles. The van der Waals surface area contributed by atoms with E-state index in [2.05, 4.69) is 26.6 Å². The summed E-state index contributed by atoms with van der Waals surface area (Å²) < 4.78 is 29.4. The summed E-state index contributed by atoms with van der Waals surface area (Å²) in [5.74, 6) is -3.47. The van der Waals surface area contributed by atoms with E-state index in [0.717, 1.165) is 6.26 Å². The van der Waals surface area contributed by atoms with Crippen LogP contribution in [0.4, 0.5) is 4.79 Å². The second kappa shape index (κ2) is 20.5. The molecule has 1 unspecified atom stereocenters. The van der Waals surface area contributed by atoms with Crippen LogP contribution < -0.4 is 26.6 Å². The molecule has 0 bridgehead atoms. The third-order valence-electron chi connectivity index (χ3n) is 7.28. The molecule has 14 nitrogen and oxygen atoms in total. The van der Waals surface area contributed by atoms with Crippen LogP contribution in [-0.4, -0.2) is 97.7 Å². The summed E-state index contributed by atoms with van der Waals surface area (Å²) in [5.41, 5.74) is -0.814. The fourth-order valence-electron chi connectivity index (χ4n) is 4.88. The fraction of sp³-hybridized carbons (Fsp3) is 0.848. The number of carbonyl (C=O) groups is 5. The van der Waals surface area contributed by atoms with Crippen LogP contribution in [0.15, 0.2) is 0 Å². The Balaban J connectivity index is 6.04. The molecule has 0 saturated heterocycles. The molecule has 0 aromatic carbocycles. The van der Waals surface area contributed by atoms with Gasteiger partial charge in [0.1, 0.15) is 33.6 Å². The minimum atomic E-state index is -3.53. The van der Waals surface area contributed by atoms with E-state index in [0.29, 0.717) is 13.0 Å². The fourth-order valence-corrected chi connectivity index (χ4v) is 5.54. The zero-order valence-electron chi connectivity index (χ0n) is 31.1. The van der Waals surface area contributed by atoms with Crippen LogP contribution in [-0.2, 0) is 33.8 Å². The molecule has 6 N–H and O–H groups in total. The number of amides is 5. The quantitative estimate of drug-likeness (QED) is 0.109. The number of alkyl carbamates (subject to hydrolysis) is 1. The first-order valence-electron chi connectivity index (χ1n) is 16.9. The molecule has 0 aromatic heterocycles. The molecule has 0 heterocycles. The van der Waals surface area contributed by atoms with Crippen molar-refractivity contribution in [3.63, 3.8) is 0 Å². The molecule has 0 aromatic rings. The zero-order valence-corrected chi connectivity index (χ0v) is 31.9. The second-order valence-electron chi connectivity index (χ2n) is 14.9.